The average Bonchev–Trinajstić information content (AvgIpc) is 2.97. The molecular formula is C23H20F3N3O2S. The van der Waals surface area contributed by atoms with Gasteiger partial charge in [-0.25, -0.2) is 9.69 Å². The van der Waals surface area contributed by atoms with Gasteiger partial charge in [-0.15, -0.1) is 0 Å². The summed E-state index contributed by atoms with van der Waals surface area (Å²) < 4.78 is 37.8. The minimum atomic E-state index is -4.41. The molecule has 0 spiro atoms. The van der Waals surface area contributed by atoms with Crippen molar-refractivity contribution in [1.82, 2.24) is 9.88 Å². The number of alkyl halides is 3. The Kier molecular flexibility index (Phi) is 5.85. The number of aromatic nitrogens is 1. The van der Waals surface area contributed by atoms with Gasteiger partial charge >= 0.3 is 11.5 Å². The molecule has 1 fully saturated rings. The number of amides is 3. The lowest BCUT2D eigenvalue weighted by molar-refractivity contribution is -0.120. The highest BCUT2D eigenvalue weighted by Crippen LogP contribution is 2.38. The normalized spacial score (nSPS) is 17.1. The fraction of sp³-hybridized carbons (Fsp3) is 0.261. The first kappa shape index (κ1) is 22.1. The number of halogens is 3. The van der Waals surface area contributed by atoms with E-state index in [2.05, 4.69) is 4.98 Å². The Hall–Kier alpha value is -3.07. The molecule has 0 N–H and O–H groups in total. The van der Waals surface area contributed by atoms with Gasteiger partial charge in [0, 0.05) is 23.0 Å². The second kappa shape index (κ2) is 8.46. The fourth-order valence-corrected chi connectivity index (χ4v) is 4.47. The van der Waals surface area contributed by atoms with Gasteiger partial charge in [-0.1, -0.05) is 32.0 Å². The van der Waals surface area contributed by atoms with E-state index in [1.165, 1.54) is 29.2 Å². The summed E-state index contributed by atoms with van der Waals surface area (Å²) >= 11 is -0.242. The lowest BCUT2D eigenvalue weighted by atomic mass is 10.0. The number of hydrogen-bond donors (Lipinski definition) is 0. The first-order valence-electron chi connectivity index (χ1n) is 9.99. The number of rotatable bonds is 5. The number of imide groups is 1. The zero-order valence-electron chi connectivity index (χ0n) is 17.3. The zero-order chi connectivity index (χ0) is 23.0. The topological polar surface area (TPSA) is 53.5 Å². The van der Waals surface area contributed by atoms with E-state index in [9.17, 15) is 22.8 Å². The molecule has 3 amide bonds. The molecule has 5 nitrogen and oxygen atoms in total. The van der Waals surface area contributed by atoms with E-state index in [0.29, 0.717) is 0 Å². The second-order valence-electron chi connectivity index (χ2n) is 7.80. The molecule has 0 unspecified atom stereocenters. The lowest BCUT2D eigenvalue weighted by Gasteiger charge is -2.25. The van der Waals surface area contributed by atoms with Crippen LogP contribution >= 0.6 is 11.8 Å². The van der Waals surface area contributed by atoms with Gasteiger partial charge in [0.05, 0.1) is 11.2 Å². The molecule has 4 rings (SSSR count). The maximum Gasteiger partial charge on any atom is 0.446 e. The molecule has 2 aromatic carbocycles. The van der Waals surface area contributed by atoms with Crippen molar-refractivity contribution in [1.29, 1.82) is 0 Å². The minimum Gasteiger partial charge on any atom is -0.307 e. The van der Waals surface area contributed by atoms with E-state index in [4.69, 9.17) is 0 Å². The van der Waals surface area contributed by atoms with E-state index < -0.39 is 17.6 Å². The number of thioether (sulfide) groups is 1. The molecule has 0 bridgehead atoms. The number of carbonyl (C=O) groups excluding carboxylic acids is 2. The molecule has 1 atom stereocenters. The summed E-state index contributed by atoms with van der Waals surface area (Å²) in [4.78, 5) is 33.4. The van der Waals surface area contributed by atoms with Crippen LogP contribution in [0.1, 0.15) is 19.4 Å². The SMILES string of the molecule is CC(C)[C@@H]1C(=O)N(c2ccc(SC(F)(F)F)cc2)C(=O)N1Cc1ccnc2ccccc12. The van der Waals surface area contributed by atoms with Crippen molar-refractivity contribution in [2.45, 2.75) is 36.8 Å². The molecule has 3 aromatic rings. The Bertz CT molecular complexity index is 1160. The van der Waals surface area contributed by atoms with Crippen molar-refractivity contribution in [2.75, 3.05) is 4.90 Å². The van der Waals surface area contributed by atoms with Crippen LogP contribution in [0.3, 0.4) is 0 Å². The van der Waals surface area contributed by atoms with Gasteiger partial charge < -0.3 is 4.90 Å². The number of anilines is 1. The highest BCUT2D eigenvalue weighted by atomic mass is 32.2. The number of urea groups is 1. The first-order valence-corrected chi connectivity index (χ1v) is 10.8. The van der Waals surface area contributed by atoms with Crippen LogP contribution in [0, 0.1) is 5.92 Å². The van der Waals surface area contributed by atoms with Crippen LogP contribution in [0.25, 0.3) is 10.9 Å². The van der Waals surface area contributed by atoms with Crippen LogP contribution in [-0.2, 0) is 11.3 Å². The number of fused-ring (bicyclic) bond motifs is 1. The molecular weight excluding hydrogens is 439 g/mol. The molecule has 166 valence electrons. The van der Waals surface area contributed by atoms with Gasteiger partial charge in [-0.05, 0) is 59.6 Å². The Morgan fingerprint density at radius 1 is 1.03 bits per heavy atom. The highest BCUT2D eigenvalue weighted by molar-refractivity contribution is 8.00. The molecule has 0 saturated carbocycles. The van der Waals surface area contributed by atoms with Gasteiger partial charge in [-0.2, -0.15) is 13.2 Å². The Morgan fingerprint density at radius 2 is 1.72 bits per heavy atom. The Morgan fingerprint density at radius 3 is 2.38 bits per heavy atom. The van der Waals surface area contributed by atoms with Gasteiger partial charge in [0.2, 0.25) is 0 Å². The predicted molar refractivity (Wildman–Crippen MR) is 117 cm³/mol. The maximum atomic E-state index is 13.3. The van der Waals surface area contributed by atoms with Gasteiger partial charge in [-0.3, -0.25) is 9.78 Å². The van der Waals surface area contributed by atoms with E-state index in [0.717, 1.165) is 21.4 Å². The van der Waals surface area contributed by atoms with Crippen LogP contribution in [0.2, 0.25) is 0 Å². The van der Waals surface area contributed by atoms with E-state index in [1.807, 2.05) is 44.2 Å². The van der Waals surface area contributed by atoms with Crippen LogP contribution < -0.4 is 4.90 Å². The molecule has 0 radical (unpaired) electrons. The van der Waals surface area contributed by atoms with Crippen LogP contribution in [0.15, 0.2) is 65.7 Å². The molecule has 1 aliphatic rings. The fourth-order valence-electron chi connectivity index (χ4n) is 3.93. The predicted octanol–water partition coefficient (Wildman–Crippen LogP) is 5.84. The summed E-state index contributed by atoms with van der Waals surface area (Å²) in [5, 5.41) is 0.893. The largest absolute Gasteiger partial charge is 0.446 e. The van der Waals surface area contributed by atoms with Crippen molar-refractivity contribution >= 4 is 40.3 Å². The molecule has 1 aromatic heterocycles. The van der Waals surface area contributed by atoms with Crippen molar-refractivity contribution in [3.05, 3.63) is 66.4 Å². The third-order valence-electron chi connectivity index (χ3n) is 5.29. The standard InChI is InChI=1S/C23H20F3N3O2S/c1-14(2)20-21(30)29(16-7-9-17(10-8-16)32-23(24,25)26)22(31)28(20)13-15-11-12-27-19-6-4-3-5-18(15)19/h3-12,14,20H,13H2,1-2H3/t20-/m1/s1. The quantitative estimate of drug-likeness (QED) is 0.355. The number of carbonyl (C=O) groups is 2. The molecule has 1 saturated heterocycles. The van der Waals surface area contributed by atoms with Crippen molar-refractivity contribution in [3.63, 3.8) is 0 Å². The maximum absolute atomic E-state index is 13.3. The van der Waals surface area contributed by atoms with Gasteiger partial charge in [0.1, 0.15) is 6.04 Å². The zero-order valence-corrected chi connectivity index (χ0v) is 18.2. The summed E-state index contributed by atoms with van der Waals surface area (Å²) in [5.41, 5.74) is -2.51. The number of benzene rings is 2. The number of nitrogens with zero attached hydrogens (tertiary/aromatic N) is 3. The smallest absolute Gasteiger partial charge is 0.307 e. The first-order chi connectivity index (χ1) is 15.2. The van der Waals surface area contributed by atoms with E-state index in [1.54, 1.807) is 6.20 Å². The third kappa shape index (κ3) is 4.29. The lowest BCUT2D eigenvalue weighted by Crippen LogP contribution is -2.38. The van der Waals surface area contributed by atoms with E-state index >= 15 is 0 Å². The van der Waals surface area contributed by atoms with Crippen molar-refractivity contribution in [3.8, 4) is 0 Å². The molecule has 0 aliphatic carbocycles. The Balaban J connectivity index is 1.65. The van der Waals surface area contributed by atoms with Crippen LogP contribution in [-0.4, -0.2) is 33.4 Å². The minimum absolute atomic E-state index is 0.0131. The van der Waals surface area contributed by atoms with Gasteiger partial charge in [0.25, 0.3) is 5.91 Å². The van der Waals surface area contributed by atoms with Crippen LogP contribution in [0.5, 0.6) is 0 Å². The molecule has 32 heavy (non-hydrogen) atoms. The number of para-hydroxylation sites is 1. The molecule has 9 heteroatoms. The van der Waals surface area contributed by atoms with Gasteiger partial charge in [0.15, 0.2) is 0 Å². The van der Waals surface area contributed by atoms with Crippen LogP contribution in [0.4, 0.5) is 23.7 Å². The third-order valence-corrected chi connectivity index (χ3v) is 6.03. The Labute approximate surface area is 187 Å². The summed E-state index contributed by atoms with van der Waals surface area (Å²) in [7, 11) is 0. The summed E-state index contributed by atoms with van der Waals surface area (Å²) in [5.74, 6) is -0.538. The van der Waals surface area contributed by atoms with Crippen molar-refractivity contribution < 1.29 is 22.8 Å². The second-order valence-corrected chi connectivity index (χ2v) is 8.94. The summed E-state index contributed by atoms with van der Waals surface area (Å²) in [6.07, 6.45) is 1.67. The summed E-state index contributed by atoms with van der Waals surface area (Å²) in [6.45, 7) is 3.94. The molecule has 1 aliphatic heterocycles. The number of hydrogen-bond acceptors (Lipinski definition) is 4. The summed E-state index contributed by atoms with van der Waals surface area (Å²) in [6, 6.07) is 13.5. The number of pyridine rings is 1. The monoisotopic (exact) mass is 459 g/mol. The van der Waals surface area contributed by atoms with E-state index in [-0.39, 0.29) is 40.7 Å². The molecule has 2 heterocycles. The van der Waals surface area contributed by atoms with Crippen molar-refractivity contribution in [2.24, 2.45) is 5.92 Å². The average molecular weight is 459 g/mol. The highest BCUT2D eigenvalue weighted by Gasteiger charge is 2.47.